The van der Waals surface area contributed by atoms with Crippen molar-refractivity contribution in [2.75, 3.05) is 5.32 Å². The molecule has 0 aliphatic carbocycles. The van der Waals surface area contributed by atoms with Crippen molar-refractivity contribution in [3.63, 3.8) is 0 Å². The van der Waals surface area contributed by atoms with Gasteiger partial charge in [0.1, 0.15) is 11.4 Å². The minimum Gasteiger partial charge on any atom is -0.437 e. The van der Waals surface area contributed by atoms with E-state index in [9.17, 15) is 0 Å². The summed E-state index contributed by atoms with van der Waals surface area (Å²) in [5, 5.41) is 5.86. The van der Waals surface area contributed by atoms with E-state index in [2.05, 4.69) is 67.5 Å². The van der Waals surface area contributed by atoms with Crippen molar-refractivity contribution in [3.05, 3.63) is 90.6 Å². The first-order valence-electron chi connectivity index (χ1n) is 9.49. The molecule has 0 radical (unpaired) electrons. The molecule has 0 bridgehead atoms. The van der Waals surface area contributed by atoms with E-state index < -0.39 is 0 Å². The average molecular weight is 368 g/mol. The van der Waals surface area contributed by atoms with Crippen LogP contribution in [0.1, 0.15) is 26.3 Å². The lowest BCUT2D eigenvalue weighted by molar-refractivity contribution is 0.442. The first-order valence-corrected chi connectivity index (χ1v) is 9.49. The molecular formula is C25H24N2O. The van der Waals surface area contributed by atoms with Crippen LogP contribution >= 0.6 is 0 Å². The van der Waals surface area contributed by atoms with Crippen LogP contribution in [0.5, 0.6) is 11.6 Å². The van der Waals surface area contributed by atoms with Gasteiger partial charge in [-0.1, -0.05) is 75.4 Å². The molecule has 0 spiro atoms. The molecule has 0 saturated carbocycles. The lowest BCUT2D eigenvalue weighted by atomic mass is 9.86. The largest absolute Gasteiger partial charge is 0.437 e. The lowest BCUT2D eigenvalue weighted by Gasteiger charge is -2.23. The van der Waals surface area contributed by atoms with Gasteiger partial charge in [-0.3, -0.25) is 0 Å². The predicted octanol–water partition coefficient (Wildman–Crippen LogP) is 7.07. The molecule has 28 heavy (non-hydrogen) atoms. The van der Waals surface area contributed by atoms with Gasteiger partial charge in [0.25, 0.3) is 0 Å². The molecule has 3 aromatic carbocycles. The van der Waals surface area contributed by atoms with Crippen molar-refractivity contribution >= 4 is 22.1 Å². The van der Waals surface area contributed by atoms with Crippen LogP contribution in [-0.4, -0.2) is 4.98 Å². The number of nitrogens with zero attached hydrogens (tertiary/aromatic N) is 1. The van der Waals surface area contributed by atoms with Gasteiger partial charge in [0.15, 0.2) is 0 Å². The van der Waals surface area contributed by atoms with Crippen molar-refractivity contribution in [1.82, 2.24) is 4.98 Å². The highest BCUT2D eigenvalue weighted by Gasteiger charge is 2.20. The molecule has 0 aliphatic heterocycles. The Bertz CT molecular complexity index is 1110. The number of rotatable bonds is 4. The maximum Gasteiger partial charge on any atom is 0.243 e. The number of hydrogen-bond donors (Lipinski definition) is 1. The molecular weight excluding hydrogens is 344 g/mol. The molecule has 0 aliphatic rings. The molecule has 4 rings (SSSR count). The second kappa shape index (κ2) is 7.35. The van der Waals surface area contributed by atoms with E-state index in [4.69, 9.17) is 4.74 Å². The van der Waals surface area contributed by atoms with Gasteiger partial charge >= 0.3 is 0 Å². The van der Waals surface area contributed by atoms with Crippen molar-refractivity contribution < 1.29 is 4.74 Å². The fraction of sp³-hybridized carbons (Fsp3) is 0.160. The smallest absolute Gasteiger partial charge is 0.243 e. The first kappa shape index (κ1) is 18.1. The maximum absolute atomic E-state index is 6.28. The van der Waals surface area contributed by atoms with Crippen LogP contribution in [0.15, 0.2) is 85.1 Å². The van der Waals surface area contributed by atoms with Gasteiger partial charge in [-0.2, -0.15) is 0 Å². The van der Waals surface area contributed by atoms with Gasteiger partial charge in [0.05, 0.1) is 0 Å². The van der Waals surface area contributed by atoms with Crippen LogP contribution in [0.4, 0.5) is 11.4 Å². The Labute approximate surface area is 166 Å². The van der Waals surface area contributed by atoms with Crippen LogP contribution in [0.3, 0.4) is 0 Å². The van der Waals surface area contributed by atoms with Crippen LogP contribution in [-0.2, 0) is 5.41 Å². The number of pyridine rings is 1. The van der Waals surface area contributed by atoms with Crippen molar-refractivity contribution in [1.29, 1.82) is 0 Å². The van der Waals surface area contributed by atoms with Crippen LogP contribution in [0, 0.1) is 0 Å². The normalized spacial score (nSPS) is 11.4. The zero-order valence-electron chi connectivity index (χ0n) is 16.4. The summed E-state index contributed by atoms with van der Waals surface area (Å²) < 4.78 is 6.28. The highest BCUT2D eigenvalue weighted by atomic mass is 16.5. The van der Waals surface area contributed by atoms with Crippen molar-refractivity contribution in [2.24, 2.45) is 0 Å². The molecule has 1 aromatic heterocycles. The van der Waals surface area contributed by atoms with Gasteiger partial charge in [0.2, 0.25) is 5.88 Å². The molecule has 3 nitrogen and oxygen atoms in total. The Morgan fingerprint density at radius 3 is 2.32 bits per heavy atom. The highest BCUT2D eigenvalue weighted by Crippen LogP contribution is 2.37. The van der Waals surface area contributed by atoms with Gasteiger partial charge in [-0.25, -0.2) is 4.98 Å². The number of benzene rings is 3. The predicted molar refractivity (Wildman–Crippen MR) is 117 cm³/mol. The van der Waals surface area contributed by atoms with Crippen LogP contribution in [0.25, 0.3) is 10.8 Å². The van der Waals surface area contributed by atoms with Gasteiger partial charge < -0.3 is 10.1 Å². The SMILES string of the molecule is CC(C)(C)c1ccccc1Oc1ncccc1Nc1cccc2ccccc12. The third-order valence-electron chi connectivity index (χ3n) is 4.73. The third kappa shape index (κ3) is 3.70. The van der Waals surface area contributed by atoms with Crippen LogP contribution in [0.2, 0.25) is 0 Å². The Hall–Kier alpha value is -3.33. The molecule has 0 unspecified atom stereocenters. The third-order valence-corrected chi connectivity index (χ3v) is 4.73. The van der Waals surface area contributed by atoms with Crippen LogP contribution < -0.4 is 10.1 Å². The second-order valence-electron chi connectivity index (χ2n) is 7.86. The second-order valence-corrected chi connectivity index (χ2v) is 7.86. The zero-order chi connectivity index (χ0) is 19.6. The fourth-order valence-corrected chi connectivity index (χ4v) is 3.33. The van der Waals surface area contributed by atoms with E-state index in [0.29, 0.717) is 5.88 Å². The summed E-state index contributed by atoms with van der Waals surface area (Å²) in [4.78, 5) is 4.49. The minimum absolute atomic E-state index is 0.0192. The number of fused-ring (bicyclic) bond motifs is 1. The van der Waals surface area contributed by atoms with E-state index in [-0.39, 0.29) is 5.41 Å². The molecule has 4 aromatic rings. The number of hydrogen-bond acceptors (Lipinski definition) is 3. The molecule has 1 N–H and O–H groups in total. The van der Waals surface area contributed by atoms with E-state index in [0.717, 1.165) is 28.1 Å². The van der Waals surface area contributed by atoms with Gasteiger partial charge in [0, 0.05) is 22.8 Å². The minimum atomic E-state index is -0.0192. The van der Waals surface area contributed by atoms with E-state index >= 15 is 0 Å². The van der Waals surface area contributed by atoms with Crippen molar-refractivity contribution in [3.8, 4) is 11.6 Å². The summed E-state index contributed by atoms with van der Waals surface area (Å²) in [7, 11) is 0. The first-order chi connectivity index (χ1) is 13.5. The highest BCUT2D eigenvalue weighted by molar-refractivity contribution is 5.95. The molecule has 140 valence electrons. The summed E-state index contributed by atoms with van der Waals surface area (Å²) in [5.74, 6) is 1.39. The number of aromatic nitrogens is 1. The van der Waals surface area contributed by atoms with E-state index in [1.165, 1.54) is 5.39 Å². The summed E-state index contributed by atoms with van der Waals surface area (Å²) in [6.07, 6.45) is 1.75. The summed E-state index contributed by atoms with van der Waals surface area (Å²) in [6.45, 7) is 6.55. The van der Waals surface area contributed by atoms with Gasteiger partial charge in [-0.05, 0) is 35.1 Å². The molecule has 0 atom stereocenters. The number of ether oxygens (including phenoxy) is 1. The molecule has 0 amide bonds. The topological polar surface area (TPSA) is 34.1 Å². The zero-order valence-corrected chi connectivity index (χ0v) is 16.4. The number of para-hydroxylation sites is 1. The molecule has 1 heterocycles. The van der Waals surface area contributed by atoms with Crippen molar-refractivity contribution in [2.45, 2.75) is 26.2 Å². The van der Waals surface area contributed by atoms with Gasteiger partial charge in [-0.15, -0.1) is 0 Å². The fourth-order valence-electron chi connectivity index (χ4n) is 3.33. The Kier molecular flexibility index (Phi) is 4.74. The Morgan fingerprint density at radius 1 is 0.750 bits per heavy atom. The quantitative estimate of drug-likeness (QED) is 0.418. The summed E-state index contributed by atoms with van der Waals surface area (Å²) in [5.41, 5.74) is 2.99. The standard InChI is InChI=1S/C25H24N2O/c1-25(2,3)20-13-6-7-16-23(20)28-24-22(15-9-17-26-24)27-21-14-8-11-18-10-4-5-12-19(18)21/h4-17,27H,1-3H3. The summed E-state index contributed by atoms with van der Waals surface area (Å²) >= 11 is 0. The number of nitrogens with one attached hydrogen (secondary N) is 1. The molecule has 3 heteroatoms. The average Bonchev–Trinajstić information content (AvgIpc) is 2.69. The lowest BCUT2D eigenvalue weighted by Crippen LogP contribution is -2.12. The molecule has 0 fully saturated rings. The Balaban J connectivity index is 1.71. The monoisotopic (exact) mass is 368 g/mol. The molecule has 0 saturated heterocycles. The Morgan fingerprint density at radius 2 is 1.46 bits per heavy atom. The number of anilines is 2. The van der Waals surface area contributed by atoms with E-state index in [1.807, 2.05) is 42.5 Å². The summed E-state index contributed by atoms with van der Waals surface area (Å²) in [6, 6.07) is 26.6. The maximum atomic E-state index is 6.28. The van der Waals surface area contributed by atoms with E-state index in [1.54, 1.807) is 6.20 Å².